The Hall–Kier alpha value is -1.98. The van der Waals surface area contributed by atoms with Crippen molar-refractivity contribution in [2.75, 3.05) is 13.2 Å². The number of ether oxygens (including phenoxy) is 3. The standard InChI is InChI=1S/C24H34N2O3/c1-4-5-6-7-8-9-10-23-25-15-20(16-26-23)19-11-13-21(14-12-19)27-17-22-18-28-24(2,3)29-22/h11-16,22H,4-10,17-18H2,1-3H3/t22-/m0/s1. The van der Waals surface area contributed by atoms with E-state index in [9.17, 15) is 0 Å². The summed E-state index contributed by atoms with van der Waals surface area (Å²) in [5, 5.41) is 0. The number of hydrogen-bond acceptors (Lipinski definition) is 5. The quantitative estimate of drug-likeness (QED) is 0.463. The zero-order valence-corrected chi connectivity index (χ0v) is 18.0. The molecule has 1 aliphatic heterocycles. The Bertz CT molecular complexity index is 729. The van der Waals surface area contributed by atoms with E-state index >= 15 is 0 Å². The number of benzene rings is 1. The van der Waals surface area contributed by atoms with E-state index in [0.717, 1.165) is 29.1 Å². The first-order valence-corrected chi connectivity index (χ1v) is 10.9. The second kappa shape index (κ2) is 10.7. The van der Waals surface area contributed by atoms with Crippen LogP contribution in [0.3, 0.4) is 0 Å². The molecule has 5 nitrogen and oxygen atoms in total. The maximum Gasteiger partial charge on any atom is 0.163 e. The average Bonchev–Trinajstić information content (AvgIpc) is 3.09. The molecule has 1 saturated heterocycles. The topological polar surface area (TPSA) is 53.5 Å². The highest BCUT2D eigenvalue weighted by Crippen LogP contribution is 2.24. The van der Waals surface area contributed by atoms with Crippen LogP contribution in [-0.2, 0) is 15.9 Å². The van der Waals surface area contributed by atoms with Gasteiger partial charge in [0.05, 0.1) is 6.61 Å². The zero-order valence-electron chi connectivity index (χ0n) is 18.0. The van der Waals surface area contributed by atoms with Crippen molar-refractivity contribution in [3.8, 4) is 16.9 Å². The molecule has 29 heavy (non-hydrogen) atoms. The fourth-order valence-electron chi connectivity index (χ4n) is 3.47. The lowest BCUT2D eigenvalue weighted by Crippen LogP contribution is -2.25. The molecule has 1 fully saturated rings. The van der Waals surface area contributed by atoms with E-state index in [-0.39, 0.29) is 6.10 Å². The number of aryl methyl sites for hydroxylation is 1. The van der Waals surface area contributed by atoms with Gasteiger partial charge < -0.3 is 14.2 Å². The fraction of sp³-hybridized carbons (Fsp3) is 0.583. The molecule has 1 atom stereocenters. The molecule has 0 N–H and O–H groups in total. The van der Waals surface area contributed by atoms with Crippen LogP contribution >= 0.6 is 0 Å². The van der Waals surface area contributed by atoms with Crippen LogP contribution in [0.1, 0.15) is 65.1 Å². The number of hydrogen-bond donors (Lipinski definition) is 0. The van der Waals surface area contributed by atoms with E-state index in [2.05, 4.69) is 16.9 Å². The van der Waals surface area contributed by atoms with Gasteiger partial charge in [0, 0.05) is 24.4 Å². The lowest BCUT2D eigenvalue weighted by molar-refractivity contribution is -0.141. The van der Waals surface area contributed by atoms with E-state index in [0.29, 0.717) is 13.2 Å². The fourth-order valence-corrected chi connectivity index (χ4v) is 3.47. The molecule has 0 spiro atoms. The van der Waals surface area contributed by atoms with E-state index < -0.39 is 5.79 Å². The lowest BCUT2D eigenvalue weighted by atomic mass is 10.1. The molecule has 2 heterocycles. The molecular weight excluding hydrogens is 364 g/mol. The molecule has 5 heteroatoms. The summed E-state index contributed by atoms with van der Waals surface area (Å²) in [6, 6.07) is 8.02. The number of aromatic nitrogens is 2. The summed E-state index contributed by atoms with van der Waals surface area (Å²) >= 11 is 0. The third-order valence-corrected chi connectivity index (χ3v) is 5.15. The Morgan fingerprint density at radius 3 is 2.31 bits per heavy atom. The summed E-state index contributed by atoms with van der Waals surface area (Å²) in [5.74, 6) is 1.24. The second-order valence-electron chi connectivity index (χ2n) is 8.19. The van der Waals surface area contributed by atoms with Crippen molar-refractivity contribution in [3.63, 3.8) is 0 Å². The second-order valence-corrected chi connectivity index (χ2v) is 8.19. The third-order valence-electron chi connectivity index (χ3n) is 5.15. The minimum atomic E-state index is -0.515. The molecule has 158 valence electrons. The Balaban J connectivity index is 1.43. The Morgan fingerprint density at radius 2 is 1.66 bits per heavy atom. The van der Waals surface area contributed by atoms with E-state index in [1.807, 2.05) is 50.5 Å². The molecule has 0 radical (unpaired) electrons. The van der Waals surface area contributed by atoms with Crippen LogP contribution in [0, 0.1) is 0 Å². The van der Waals surface area contributed by atoms with Gasteiger partial charge in [-0.25, -0.2) is 9.97 Å². The van der Waals surface area contributed by atoms with Gasteiger partial charge in [-0.3, -0.25) is 0 Å². The molecule has 1 aromatic carbocycles. The van der Waals surface area contributed by atoms with Gasteiger partial charge >= 0.3 is 0 Å². The Morgan fingerprint density at radius 1 is 0.966 bits per heavy atom. The van der Waals surface area contributed by atoms with Gasteiger partial charge in [-0.2, -0.15) is 0 Å². The van der Waals surface area contributed by atoms with Crippen LogP contribution in [0.2, 0.25) is 0 Å². The van der Waals surface area contributed by atoms with E-state index in [1.54, 1.807) is 0 Å². The van der Waals surface area contributed by atoms with Crippen molar-refractivity contribution in [1.82, 2.24) is 9.97 Å². The first-order valence-electron chi connectivity index (χ1n) is 10.9. The van der Waals surface area contributed by atoms with Crippen molar-refractivity contribution in [2.24, 2.45) is 0 Å². The monoisotopic (exact) mass is 398 g/mol. The van der Waals surface area contributed by atoms with Gasteiger partial charge in [0.25, 0.3) is 0 Å². The van der Waals surface area contributed by atoms with Gasteiger partial charge in [-0.15, -0.1) is 0 Å². The molecule has 0 unspecified atom stereocenters. The van der Waals surface area contributed by atoms with Crippen LogP contribution < -0.4 is 4.74 Å². The van der Waals surface area contributed by atoms with Crippen molar-refractivity contribution >= 4 is 0 Å². The number of nitrogens with zero attached hydrogens (tertiary/aromatic N) is 2. The van der Waals surface area contributed by atoms with Crippen LogP contribution in [0.15, 0.2) is 36.7 Å². The highest BCUT2D eigenvalue weighted by Gasteiger charge is 2.32. The maximum atomic E-state index is 5.84. The molecule has 1 aromatic heterocycles. The average molecular weight is 399 g/mol. The molecule has 0 amide bonds. The highest BCUT2D eigenvalue weighted by atomic mass is 16.7. The van der Waals surface area contributed by atoms with E-state index in [1.165, 1.54) is 38.5 Å². The predicted molar refractivity (Wildman–Crippen MR) is 115 cm³/mol. The minimum absolute atomic E-state index is 0.0303. The van der Waals surface area contributed by atoms with Crippen molar-refractivity contribution in [3.05, 3.63) is 42.5 Å². The lowest BCUT2D eigenvalue weighted by Gasteiger charge is -2.17. The number of unbranched alkanes of at least 4 members (excludes halogenated alkanes) is 5. The largest absolute Gasteiger partial charge is 0.491 e. The van der Waals surface area contributed by atoms with Crippen LogP contribution in [0.4, 0.5) is 0 Å². The molecule has 3 rings (SSSR count). The SMILES string of the molecule is CCCCCCCCc1ncc(-c2ccc(OC[C@H]3COC(C)(C)O3)cc2)cn1. The first-order chi connectivity index (χ1) is 14.1. The molecule has 0 aliphatic carbocycles. The van der Waals surface area contributed by atoms with Gasteiger partial charge in [0.2, 0.25) is 0 Å². The molecule has 0 saturated carbocycles. The summed E-state index contributed by atoms with van der Waals surface area (Å²) in [6.45, 7) is 7.13. The van der Waals surface area contributed by atoms with Crippen molar-refractivity contribution < 1.29 is 14.2 Å². The van der Waals surface area contributed by atoms with E-state index in [4.69, 9.17) is 14.2 Å². The summed E-state index contributed by atoms with van der Waals surface area (Å²) in [7, 11) is 0. The summed E-state index contributed by atoms with van der Waals surface area (Å²) < 4.78 is 17.2. The van der Waals surface area contributed by atoms with Crippen molar-refractivity contribution in [1.29, 1.82) is 0 Å². The smallest absolute Gasteiger partial charge is 0.163 e. The van der Waals surface area contributed by atoms with Gasteiger partial charge in [0.1, 0.15) is 24.3 Å². The van der Waals surface area contributed by atoms with Crippen LogP contribution in [0.5, 0.6) is 5.75 Å². The third kappa shape index (κ3) is 7.09. The Kier molecular flexibility index (Phi) is 8.01. The molecular formula is C24H34N2O3. The van der Waals surface area contributed by atoms with Crippen molar-refractivity contribution in [2.45, 2.75) is 77.6 Å². The molecule has 2 aromatic rings. The summed E-state index contributed by atoms with van der Waals surface area (Å²) in [6.07, 6.45) is 12.5. The summed E-state index contributed by atoms with van der Waals surface area (Å²) in [5.41, 5.74) is 2.11. The normalized spacial score (nSPS) is 18.1. The minimum Gasteiger partial charge on any atom is -0.491 e. The Labute approximate surface area is 174 Å². The highest BCUT2D eigenvalue weighted by molar-refractivity contribution is 5.62. The van der Waals surface area contributed by atoms with Crippen LogP contribution in [0.25, 0.3) is 11.1 Å². The van der Waals surface area contributed by atoms with Gasteiger partial charge in [-0.1, -0.05) is 51.2 Å². The first kappa shape index (κ1) is 21.7. The predicted octanol–water partition coefficient (Wildman–Crippen LogP) is 5.58. The van der Waals surface area contributed by atoms with Crippen LogP contribution in [-0.4, -0.2) is 35.1 Å². The van der Waals surface area contributed by atoms with Gasteiger partial charge in [0.15, 0.2) is 5.79 Å². The molecule has 0 bridgehead atoms. The maximum absolute atomic E-state index is 5.84. The zero-order chi connectivity index (χ0) is 20.5. The number of rotatable bonds is 11. The van der Waals surface area contributed by atoms with Gasteiger partial charge in [-0.05, 0) is 38.0 Å². The molecule has 1 aliphatic rings. The summed E-state index contributed by atoms with van der Waals surface area (Å²) in [4.78, 5) is 9.08.